The van der Waals surface area contributed by atoms with E-state index < -0.39 is 0 Å². The normalized spacial score (nSPS) is 11.1. The zero-order valence-corrected chi connectivity index (χ0v) is 6.36. The number of allylic oxidation sites excluding steroid dienone is 1. The zero-order chi connectivity index (χ0) is 6.57. The fourth-order valence-electron chi connectivity index (χ4n) is 0.179. The Balaban J connectivity index is 3.83. The molecule has 0 bridgehead atoms. The van der Waals surface area contributed by atoms with E-state index in [4.69, 9.17) is 0 Å². The molecule has 0 aromatic heterocycles. The summed E-state index contributed by atoms with van der Waals surface area (Å²) >= 11 is 2.57. The average Bonchev–Trinajstić information content (AvgIpc) is 1.84. The average molecular weight is 179 g/mol. The quantitative estimate of drug-likeness (QED) is 0.573. The molecule has 0 aromatic rings. The lowest BCUT2D eigenvalue weighted by molar-refractivity contribution is -0.128. The number of hydrogen-bond donors (Lipinski definition) is 0. The summed E-state index contributed by atoms with van der Waals surface area (Å²) in [6, 6.07) is 0. The van der Waals surface area contributed by atoms with E-state index in [-0.39, 0.29) is 5.97 Å². The zero-order valence-electron chi connectivity index (χ0n) is 4.77. The molecule has 0 N–H and O–H groups in total. The Morgan fingerprint density at radius 3 is 2.38 bits per heavy atom. The summed E-state index contributed by atoms with van der Waals surface area (Å²) in [5.41, 5.74) is 0.599. The van der Waals surface area contributed by atoms with E-state index in [1.54, 1.807) is 19.9 Å². The fraction of sp³-hybridized carbons (Fsp3) is 0.400. The SMILES string of the molecule is C/C=C(\C)C(=O)OBr. The molecule has 0 spiro atoms. The Bertz CT molecular complexity index is 118. The third kappa shape index (κ3) is 2.12. The molecule has 0 aliphatic rings. The summed E-state index contributed by atoms with van der Waals surface area (Å²) in [6.45, 7) is 3.46. The van der Waals surface area contributed by atoms with Crippen molar-refractivity contribution in [1.82, 2.24) is 0 Å². The van der Waals surface area contributed by atoms with Crippen LogP contribution >= 0.6 is 16.3 Å². The standard InChI is InChI=1S/C5H7BrO2/c1-3-4(2)5(7)8-6/h3H,1-2H3/b4-3+. The summed E-state index contributed by atoms with van der Waals surface area (Å²) in [6.07, 6.45) is 1.68. The molecule has 0 amide bonds. The van der Waals surface area contributed by atoms with Crippen molar-refractivity contribution in [1.29, 1.82) is 0 Å². The molecule has 0 rings (SSSR count). The van der Waals surface area contributed by atoms with Gasteiger partial charge in [-0.25, -0.2) is 4.79 Å². The number of halogens is 1. The summed E-state index contributed by atoms with van der Waals surface area (Å²) in [4.78, 5) is 10.4. The van der Waals surface area contributed by atoms with E-state index >= 15 is 0 Å². The summed E-state index contributed by atoms with van der Waals surface area (Å²) in [7, 11) is 0. The van der Waals surface area contributed by atoms with Crippen LogP contribution in [0.25, 0.3) is 0 Å². The Hall–Kier alpha value is -0.310. The summed E-state index contributed by atoms with van der Waals surface area (Å²) in [5.74, 6) is -0.340. The minimum absolute atomic E-state index is 0.340. The molecule has 0 heterocycles. The molecule has 0 atom stereocenters. The van der Waals surface area contributed by atoms with Crippen LogP contribution < -0.4 is 0 Å². The molecular weight excluding hydrogens is 172 g/mol. The van der Waals surface area contributed by atoms with Crippen molar-refractivity contribution < 1.29 is 8.62 Å². The molecule has 8 heavy (non-hydrogen) atoms. The van der Waals surface area contributed by atoms with Crippen molar-refractivity contribution in [2.75, 3.05) is 0 Å². The van der Waals surface area contributed by atoms with Gasteiger partial charge in [0.2, 0.25) is 0 Å². The third-order valence-corrected chi connectivity index (χ3v) is 1.12. The predicted molar refractivity (Wildman–Crippen MR) is 34.5 cm³/mol. The number of hydrogen-bond acceptors (Lipinski definition) is 2. The van der Waals surface area contributed by atoms with E-state index in [1.165, 1.54) is 0 Å². The van der Waals surface area contributed by atoms with Crippen molar-refractivity contribution in [3.8, 4) is 0 Å². The van der Waals surface area contributed by atoms with Gasteiger partial charge in [-0.05, 0) is 13.8 Å². The highest BCUT2D eigenvalue weighted by molar-refractivity contribution is 9.06. The van der Waals surface area contributed by atoms with Gasteiger partial charge >= 0.3 is 5.97 Å². The van der Waals surface area contributed by atoms with E-state index in [0.717, 1.165) is 0 Å². The van der Waals surface area contributed by atoms with Crippen LogP contribution in [-0.2, 0) is 8.62 Å². The van der Waals surface area contributed by atoms with Gasteiger partial charge in [0, 0.05) is 5.57 Å². The lowest BCUT2D eigenvalue weighted by atomic mass is 10.3. The largest absolute Gasteiger partial charge is 0.380 e. The van der Waals surface area contributed by atoms with Gasteiger partial charge in [0.1, 0.15) is 0 Å². The molecular formula is C5H7BrO2. The van der Waals surface area contributed by atoms with E-state index in [9.17, 15) is 4.79 Å². The molecule has 0 aliphatic heterocycles. The Labute approximate surface area is 57.0 Å². The Morgan fingerprint density at radius 1 is 1.75 bits per heavy atom. The minimum atomic E-state index is -0.340. The number of carbonyl (C=O) groups excluding carboxylic acids is 1. The lowest BCUT2D eigenvalue weighted by Gasteiger charge is -1.90. The molecule has 0 fully saturated rings. The smallest absolute Gasteiger partial charge is 0.344 e. The summed E-state index contributed by atoms with van der Waals surface area (Å²) < 4.78 is 4.21. The van der Waals surface area contributed by atoms with Gasteiger partial charge in [0.25, 0.3) is 0 Å². The first-order chi connectivity index (χ1) is 3.72. The molecule has 2 nitrogen and oxygen atoms in total. The van der Waals surface area contributed by atoms with Crippen molar-refractivity contribution >= 4 is 22.2 Å². The third-order valence-electron chi connectivity index (χ3n) is 0.825. The highest BCUT2D eigenvalue weighted by atomic mass is 79.9. The van der Waals surface area contributed by atoms with Crippen molar-refractivity contribution in [3.63, 3.8) is 0 Å². The maximum Gasteiger partial charge on any atom is 0.344 e. The maximum atomic E-state index is 10.4. The predicted octanol–water partition coefficient (Wildman–Crippen LogP) is 1.81. The molecule has 0 saturated heterocycles. The van der Waals surface area contributed by atoms with Gasteiger partial charge < -0.3 is 3.83 Å². The van der Waals surface area contributed by atoms with Gasteiger partial charge in [-0.2, -0.15) is 0 Å². The van der Waals surface area contributed by atoms with Crippen LogP contribution in [-0.4, -0.2) is 5.97 Å². The van der Waals surface area contributed by atoms with Crippen LogP contribution in [0.5, 0.6) is 0 Å². The Kier molecular flexibility index (Phi) is 3.52. The van der Waals surface area contributed by atoms with Crippen LogP contribution in [0.1, 0.15) is 13.8 Å². The fourth-order valence-corrected chi connectivity index (χ4v) is 0.434. The van der Waals surface area contributed by atoms with Crippen LogP contribution in [0.4, 0.5) is 0 Å². The first-order valence-electron chi connectivity index (χ1n) is 2.18. The topological polar surface area (TPSA) is 26.3 Å². The molecule has 0 unspecified atom stereocenters. The number of rotatable bonds is 1. The molecule has 0 saturated carbocycles. The number of carbonyl (C=O) groups is 1. The molecule has 3 heteroatoms. The second kappa shape index (κ2) is 3.66. The van der Waals surface area contributed by atoms with E-state index in [1.807, 2.05) is 0 Å². The van der Waals surface area contributed by atoms with E-state index in [2.05, 4.69) is 20.1 Å². The second-order valence-corrected chi connectivity index (χ2v) is 1.66. The Morgan fingerprint density at radius 2 is 2.25 bits per heavy atom. The highest BCUT2D eigenvalue weighted by Gasteiger charge is 1.99. The molecule has 0 aliphatic carbocycles. The summed E-state index contributed by atoms with van der Waals surface area (Å²) in [5, 5.41) is 0. The highest BCUT2D eigenvalue weighted by Crippen LogP contribution is 1.97. The van der Waals surface area contributed by atoms with Gasteiger partial charge in [-0.1, -0.05) is 6.08 Å². The van der Waals surface area contributed by atoms with Crippen molar-refractivity contribution in [2.24, 2.45) is 0 Å². The van der Waals surface area contributed by atoms with Gasteiger partial charge in [-0.15, -0.1) is 0 Å². The van der Waals surface area contributed by atoms with Gasteiger partial charge in [0.15, 0.2) is 16.3 Å². The van der Waals surface area contributed by atoms with Crippen LogP contribution in [0.3, 0.4) is 0 Å². The molecule has 0 radical (unpaired) electrons. The maximum absolute atomic E-state index is 10.4. The van der Waals surface area contributed by atoms with Gasteiger partial charge in [0.05, 0.1) is 0 Å². The second-order valence-electron chi connectivity index (χ2n) is 1.34. The minimum Gasteiger partial charge on any atom is -0.380 e. The van der Waals surface area contributed by atoms with Crippen LogP contribution in [0, 0.1) is 0 Å². The first-order valence-corrected chi connectivity index (χ1v) is 2.83. The van der Waals surface area contributed by atoms with Crippen LogP contribution in [0.2, 0.25) is 0 Å². The van der Waals surface area contributed by atoms with Crippen LogP contribution in [0.15, 0.2) is 11.6 Å². The van der Waals surface area contributed by atoms with E-state index in [0.29, 0.717) is 5.57 Å². The molecule has 46 valence electrons. The first kappa shape index (κ1) is 7.69. The van der Waals surface area contributed by atoms with Crippen molar-refractivity contribution in [2.45, 2.75) is 13.8 Å². The lowest BCUT2D eigenvalue weighted by Crippen LogP contribution is -1.96. The molecule has 0 aromatic carbocycles. The monoisotopic (exact) mass is 178 g/mol. The van der Waals surface area contributed by atoms with Crippen molar-refractivity contribution in [3.05, 3.63) is 11.6 Å². The van der Waals surface area contributed by atoms with Gasteiger partial charge in [-0.3, -0.25) is 0 Å².